The molecule has 1 heterocycles. The molecule has 1 aromatic heterocycles. The molecule has 0 aliphatic heterocycles. The number of hydrogen-bond acceptors (Lipinski definition) is 5. The van der Waals surface area contributed by atoms with Crippen molar-refractivity contribution in [3.63, 3.8) is 0 Å². The Balaban J connectivity index is 1.53. The summed E-state index contributed by atoms with van der Waals surface area (Å²) in [5, 5.41) is 9.59. The Morgan fingerprint density at radius 2 is 1.51 bits per heavy atom. The number of nitrogens with zero attached hydrogens (tertiary/aromatic N) is 3. The number of ether oxygens (including phenoxy) is 1. The van der Waals surface area contributed by atoms with Crippen LogP contribution in [0.15, 0.2) is 84.0 Å². The summed E-state index contributed by atoms with van der Waals surface area (Å²) in [5.41, 5.74) is 4.35. The van der Waals surface area contributed by atoms with E-state index in [1.807, 2.05) is 54.6 Å². The average molecular weight is 486 g/mol. The van der Waals surface area contributed by atoms with Gasteiger partial charge in [0.05, 0.1) is 11.8 Å². The number of rotatable bonds is 11. The summed E-state index contributed by atoms with van der Waals surface area (Å²) in [6, 6.07) is 26.2. The molecule has 4 aromatic rings. The normalized spacial score (nSPS) is 11.9. The maximum absolute atomic E-state index is 12.8. The third-order valence-corrected chi connectivity index (χ3v) is 7.06. The second-order valence-electron chi connectivity index (χ2n) is 8.40. The summed E-state index contributed by atoms with van der Waals surface area (Å²) in [6.07, 6.45) is 1.95. The van der Waals surface area contributed by atoms with E-state index in [1.54, 1.807) is 0 Å². The first kappa shape index (κ1) is 24.7. The predicted molar refractivity (Wildman–Crippen MR) is 141 cm³/mol. The fraction of sp³-hybridized carbons (Fsp3) is 0.276. The summed E-state index contributed by atoms with van der Waals surface area (Å²) < 4.78 is 8.13. The van der Waals surface area contributed by atoms with E-state index in [1.165, 1.54) is 22.9 Å². The number of hydrogen-bond donors (Lipinski definition) is 0. The lowest BCUT2D eigenvalue weighted by Crippen LogP contribution is -2.14. The molecule has 0 fully saturated rings. The van der Waals surface area contributed by atoms with Gasteiger partial charge < -0.3 is 4.74 Å². The van der Waals surface area contributed by atoms with Gasteiger partial charge >= 0.3 is 0 Å². The molecule has 4 rings (SSSR count). The third kappa shape index (κ3) is 6.20. The minimum atomic E-state index is -0.00583. The lowest BCUT2D eigenvalue weighted by atomic mass is 10.1. The molecule has 0 bridgehead atoms. The molecule has 5 nitrogen and oxygen atoms in total. The highest BCUT2D eigenvalue weighted by Crippen LogP contribution is 2.28. The fourth-order valence-corrected chi connectivity index (χ4v) is 4.81. The van der Waals surface area contributed by atoms with Gasteiger partial charge in [-0.15, -0.1) is 10.2 Å². The standard InChI is InChI=1S/C29H31N3O2S/c1-4-22-11-15-25(16-12-22)27(33)20-35-29-31-30-28(19-34-26-17-13-23(5-2)14-18-26)32(29)21(3)24-9-7-6-8-10-24/h6-18,21H,4-5,19-20H2,1-3H3/t21-/m1/s1. The minimum Gasteiger partial charge on any atom is -0.486 e. The van der Waals surface area contributed by atoms with E-state index >= 15 is 0 Å². The van der Waals surface area contributed by atoms with Crippen molar-refractivity contribution in [1.29, 1.82) is 0 Å². The molecule has 0 aliphatic rings. The van der Waals surface area contributed by atoms with Gasteiger partial charge in [-0.25, -0.2) is 0 Å². The number of aromatic nitrogens is 3. The number of carbonyl (C=O) groups is 1. The van der Waals surface area contributed by atoms with Crippen LogP contribution >= 0.6 is 11.8 Å². The van der Waals surface area contributed by atoms with E-state index in [4.69, 9.17) is 4.74 Å². The van der Waals surface area contributed by atoms with Gasteiger partial charge in [-0.2, -0.15) is 0 Å². The molecule has 6 heteroatoms. The summed E-state index contributed by atoms with van der Waals surface area (Å²) in [5.74, 6) is 1.89. The van der Waals surface area contributed by atoms with E-state index in [0.717, 1.165) is 35.5 Å². The van der Waals surface area contributed by atoms with Crippen molar-refractivity contribution >= 4 is 17.5 Å². The molecule has 0 aliphatic carbocycles. The van der Waals surface area contributed by atoms with Crippen LogP contribution in [-0.4, -0.2) is 26.3 Å². The quantitative estimate of drug-likeness (QED) is 0.178. The zero-order valence-electron chi connectivity index (χ0n) is 20.5. The van der Waals surface area contributed by atoms with E-state index in [0.29, 0.717) is 17.5 Å². The summed E-state index contributed by atoms with van der Waals surface area (Å²) in [4.78, 5) is 12.8. The zero-order valence-corrected chi connectivity index (χ0v) is 21.3. The number of aryl methyl sites for hydroxylation is 2. The minimum absolute atomic E-state index is 0.00583. The average Bonchev–Trinajstić information content (AvgIpc) is 3.33. The van der Waals surface area contributed by atoms with Crippen LogP contribution in [0, 0.1) is 0 Å². The lowest BCUT2D eigenvalue weighted by molar-refractivity contribution is 0.102. The van der Waals surface area contributed by atoms with Crippen LogP contribution in [0.4, 0.5) is 0 Å². The van der Waals surface area contributed by atoms with Crippen molar-refractivity contribution < 1.29 is 9.53 Å². The highest BCUT2D eigenvalue weighted by Gasteiger charge is 2.21. The zero-order chi connectivity index (χ0) is 24.6. The Bertz CT molecular complexity index is 1240. The maximum atomic E-state index is 12.8. The molecule has 0 unspecified atom stereocenters. The van der Waals surface area contributed by atoms with Gasteiger partial charge in [-0.1, -0.05) is 92.3 Å². The van der Waals surface area contributed by atoms with Gasteiger partial charge in [0.15, 0.2) is 16.8 Å². The second kappa shape index (κ2) is 11.8. The molecule has 3 aromatic carbocycles. The summed E-state index contributed by atoms with van der Waals surface area (Å²) in [6.45, 7) is 6.65. The SMILES string of the molecule is CCc1ccc(OCc2nnc(SCC(=O)c3ccc(CC)cc3)n2[C@H](C)c2ccccc2)cc1. The predicted octanol–water partition coefficient (Wildman–Crippen LogP) is 6.57. The molecule has 0 N–H and O–H groups in total. The maximum Gasteiger partial charge on any atom is 0.192 e. The van der Waals surface area contributed by atoms with Crippen molar-refractivity contribution in [3.8, 4) is 5.75 Å². The number of carbonyl (C=O) groups excluding carboxylic acids is 1. The second-order valence-corrected chi connectivity index (χ2v) is 9.35. The van der Waals surface area contributed by atoms with Gasteiger partial charge in [0, 0.05) is 5.56 Å². The van der Waals surface area contributed by atoms with Crippen LogP contribution in [0.5, 0.6) is 5.75 Å². The van der Waals surface area contributed by atoms with Crippen LogP contribution in [0.25, 0.3) is 0 Å². The number of benzene rings is 3. The Hall–Kier alpha value is -3.38. The van der Waals surface area contributed by atoms with Crippen LogP contribution in [0.3, 0.4) is 0 Å². The lowest BCUT2D eigenvalue weighted by Gasteiger charge is -2.18. The van der Waals surface area contributed by atoms with E-state index in [-0.39, 0.29) is 11.8 Å². The molecular weight excluding hydrogens is 454 g/mol. The molecule has 0 saturated heterocycles. The van der Waals surface area contributed by atoms with E-state index in [2.05, 4.69) is 59.8 Å². The first-order valence-corrected chi connectivity index (χ1v) is 13.0. The molecule has 0 radical (unpaired) electrons. The molecule has 0 spiro atoms. The smallest absolute Gasteiger partial charge is 0.192 e. The van der Waals surface area contributed by atoms with E-state index in [9.17, 15) is 4.79 Å². The molecule has 0 amide bonds. The van der Waals surface area contributed by atoms with Crippen molar-refractivity contribution in [2.45, 2.75) is 51.4 Å². The Morgan fingerprint density at radius 1 is 0.886 bits per heavy atom. The van der Waals surface area contributed by atoms with Crippen molar-refractivity contribution in [2.24, 2.45) is 0 Å². The van der Waals surface area contributed by atoms with Crippen LogP contribution < -0.4 is 4.74 Å². The van der Waals surface area contributed by atoms with Gasteiger partial charge in [-0.3, -0.25) is 9.36 Å². The van der Waals surface area contributed by atoms with Crippen molar-refractivity contribution in [2.75, 3.05) is 5.75 Å². The Morgan fingerprint density at radius 3 is 2.14 bits per heavy atom. The molecule has 1 atom stereocenters. The highest BCUT2D eigenvalue weighted by atomic mass is 32.2. The van der Waals surface area contributed by atoms with Gasteiger partial charge in [0.25, 0.3) is 0 Å². The van der Waals surface area contributed by atoms with Crippen molar-refractivity contribution in [1.82, 2.24) is 14.8 Å². The largest absolute Gasteiger partial charge is 0.486 e. The fourth-order valence-electron chi connectivity index (χ4n) is 3.88. The Kier molecular flexibility index (Phi) is 8.37. The third-order valence-electron chi connectivity index (χ3n) is 6.12. The van der Waals surface area contributed by atoms with Crippen LogP contribution in [0.2, 0.25) is 0 Å². The molecule has 180 valence electrons. The van der Waals surface area contributed by atoms with Gasteiger partial charge in [-0.05, 0) is 48.6 Å². The molecule has 35 heavy (non-hydrogen) atoms. The molecule has 0 saturated carbocycles. The van der Waals surface area contributed by atoms with Crippen molar-refractivity contribution in [3.05, 3.63) is 107 Å². The summed E-state index contributed by atoms with van der Waals surface area (Å²) in [7, 11) is 0. The highest BCUT2D eigenvalue weighted by molar-refractivity contribution is 7.99. The van der Waals surface area contributed by atoms with E-state index < -0.39 is 0 Å². The van der Waals surface area contributed by atoms with Crippen LogP contribution in [0.1, 0.15) is 59.7 Å². The van der Waals surface area contributed by atoms with Gasteiger partial charge in [0.2, 0.25) is 0 Å². The van der Waals surface area contributed by atoms with Crippen LogP contribution in [-0.2, 0) is 19.4 Å². The number of thioether (sulfide) groups is 1. The topological polar surface area (TPSA) is 57.0 Å². The first-order valence-electron chi connectivity index (χ1n) is 12.0. The molecular formula is C29H31N3O2S. The number of Topliss-reactive ketones (excluding diaryl/α,β-unsaturated/α-hetero) is 1. The first-order chi connectivity index (χ1) is 17.1. The van der Waals surface area contributed by atoms with Gasteiger partial charge in [0.1, 0.15) is 12.4 Å². The monoisotopic (exact) mass is 485 g/mol. The Labute approximate surface area is 211 Å². The number of ketones is 1. The summed E-state index contributed by atoms with van der Waals surface area (Å²) >= 11 is 1.41.